The molecule has 4 rings (SSSR count). The average Bonchev–Trinajstić information content (AvgIpc) is 3.59. The van der Waals surface area contributed by atoms with Gasteiger partial charge in [0.15, 0.2) is 5.69 Å². The van der Waals surface area contributed by atoms with Crippen LogP contribution in [0.1, 0.15) is 58.5 Å². The summed E-state index contributed by atoms with van der Waals surface area (Å²) in [5.41, 5.74) is 0.0671. The number of amides is 1. The van der Waals surface area contributed by atoms with Crippen molar-refractivity contribution in [3.05, 3.63) is 70.3 Å². The first kappa shape index (κ1) is 25.7. The molecule has 10 heteroatoms. The number of hydrogen-bond acceptors (Lipinski definition) is 4. The van der Waals surface area contributed by atoms with E-state index < -0.39 is 30.4 Å². The minimum Gasteiger partial charge on any atom is -0.492 e. The SMILES string of the molecule is CCOc1c(C(=O)N[C@H](c2ccc(F)c(C)c2)C2CC2)cc(CO)cc1-c1cn(C)nc1C(F)(F)F. The molecule has 2 N–H and O–H groups in total. The molecule has 1 aromatic heterocycles. The number of aliphatic hydroxyl groups excluding tert-OH is 1. The van der Waals surface area contributed by atoms with E-state index in [0.717, 1.165) is 23.1 Å². The summed E-state index contributed by atoms with van der Waals surface area (Å²) in [6, 6.07) is 7.03. The van der Waals surface area contributed by atoms with Crippen molar-refractivity contribution in [1.29, 1.82) is 0 Å². The Bertz CT molecular complexity index is 1280. The minimum absolute atomic E-state index is 0.000129. The van der Waals surface area contributed by atoms with Gasteiger partial charge in [0.2, 0.25) is 0 Å². The number of alkyl halides is 3. The summed E-state index contributed by atoms with van der Waals surface area (Å²) >= 11 is 0. The zero-order valence-electron chi connectivity index (χ0n) is 20.1. The number of nitrogens with one attached hydrogen (secondary N) is 1. The lowest BCUT2D eigenvalue weighted by atomic mass is 9.96. The third-order valence-electron chi connectivity index (χ3n) is 6.17. The molecule has 1 atom stereocenters. The number of carbonyl (C=O) groups excluding carboxylic acids is 1. The molecule has 192 valence electrons. The van der Waals surface area contributed by atoms with Gasteiger partial charge in [-0.2, -0.15) is 18.3 Å². The van der Waals surface area contributed by atoms with Gasteiger partial charge in [0.25, 0.3) is 5.91 Å². The van der Waals surface area contributed by atoms with Crippen LogP contribution in [0.25, 0.3) is 11.1 Å². The molecule has 0 radical (unpaired) electrons. The molecule has 1 aliphatic carbocycles. The third kappa shape index (κ3) is 5.23. The van der Waals surface area contributed by atoms with Crippen molar-refractivity contribution in [3.63, 3.8) is 0 Å². The zero-order chi connectivity index (χ0) is 26.2. The van der Waals surface area contributed by atoms with Crippen molar-refractivity contribution in [3.8, 4) is 16.9 Å². The molecule has 1 fully saturated rings. The summed E-state index contributed by atoms with van der Waals surface area (Å²) in [7, 11) is 1.37. The van der Waals surface area contributed by atoms with Crippen LogP contribution in [0.4, 0.5) is 17.6 Å². The molecular weight excluding hydrogens is 478 g/mol. The Kier molecular flexibility index (Phi) is 7.08. The minimum atomic E-state index is -4.74. The Hall–Kier alpha value is -3.40. The highest BCUT2D eigenvalue weighted by atomic mass is 19.4. The maximum absolute atomic E-state index is 13.8. The lowest BCUT2D eigenvalue weighted by Gasteiger charge is -2.22. The number of rotatable bonds is 8. The number of aryl methyl sites for hydroxylation is 2. The average molecular weight is 506 g/mol. The maximum atomic E-state index is 13.8. The second kappa shape index (κ2) is 9.93. The fourth-order valence-corrected chi connectivity index (χ4v) is 4.33. The second-order valence-electron chi connectivity index (χ2n) is 8.97. The fraction of sp³-hybridized carbons (Fsp3) is 0.385. The second-order valence-corrected chi connectivity index (χ2v) is 8.97. The van der Waals surface area contributed by atoms with E-state index in [1.54, 1.807) is 26.0 Å². The molecule has 36 heavy (non-hydrogen) atoms. The lowest BCUT2D eigenvalue weighted by Crippen LogP contribution is -2.30. The van der Waals surface area contributed by atoms with Crippen LogP contribution in [0.2, 0.25) is 0 Å². The van der Waals surface area contributed by atoms with E-state index in [0.29, 0.717) is 5.56 Å². The summed E-state index contributed by atoms with van der Waals surface area (Å²) in [6.45, 7) is 2.90. The number of aromatic nitrogens is 2. The quantitative estimate of drug-likeness (QED) is 0.406. The number of aliphatic hydroxyl groups is 1. The molecule has 3 aromatic rings. The van der Waals surface area contributed by atoms with Crippen molar-refractivity contribution < 1.29 is 32.2 Å². The number of ether oxygens (including phenoxy) is 1. The topological polar surface area (TPSA) is 76.4 Å². The fourth-order valence-electron chi connectivity index (χ4n) is 4.33. The number of carbonyl (C=O) groups is 1. The predicted molar refractivity (Wildman–Crippen MR) is 125 cm³/mol. The van der Waals surface area contributed by atoms with Crippen LogP contribution < -0.4 is 10.1 Å². The van der Waals surface area contributed by atoms with Crippen molar-refractivity contribution in [2.75, 3.05) is 6.61 Å². The van der Waals surface area contributed by atoms with E-state index >= 15 is 0 Å². The largest absolute Gasteiger partial charge is 0.492 e. The first-order valence-electron chi connectivity index (χ1n) is 11.6. The molecule has 0 saturated heterocycles. The van der Waals surface area contributed by atoms with E-state index in [1.165, 1.54) is 31.4 Å². The Morgan fingerprint density at radius 1 is 1.25 bits per heavy atom. The molecule has 2 aromatic carbocycles. The zero-order valence-corrected chi connectivity index (χ0v) is 20.1. The Labute approximate surface area is 205 Å². The van der Waals surface area contributed by atoms with Crippen molar-refractivity contribution >= 4 is 5.91 Å². The molecular formula is C26H27F4N3O3. The van der Waals surface area contributed by atoms with Gasteiger partial charge in [0.1, 0.15) is 11.6 Å². The normalized spacial score (nSPS) is 14.6. The maximum Gasteiger partial charge on any atom is 0.435 e. The molecule has 1 saturated carbocycles. The van der Waals surface area contributed by atoms with E-state index in [9.17, 15) is 27.5 Å². The molecule has 1 aliphatic rings. The van der Waals surface area contributed by atoms with Crippen LogP contribution in [0.5, 0.6) is 5.75 Å². The molecule has 6 nitrogen and oxygen atoms in total. The summed E-state index contributed by atoms with van der Waals surface area (Å²) < 4.78 is 61.9. The summed E-state index contributed by atoms with van der Waals surface area (Å²) in [6.07, 6.45) is -1.77. The van der Waals surface area contributed by atoms with Gasteiger partial charge in [0.05, 0.1) is 24.8 Å². The van der Waals surface area contributed by atoms with Crippen LogP contribution in [-0.2, 0) is 19.8 Å². The molecule has 0 unspecified atom stereocenters. The molecule has 0 bridgehead atoms. The van der Waals surface area contributed by atoms with Gasteiger partial charge < -0.3 is 15.2 Å². The Balaban J connectivity index is 1.81. The summed E-state index contributed by atoms with van der Waals surface area (Å²) in [5.74, 6) is -0.789. The third-order valence-corrected chi connectivity index (χ3v) is 6.17. The molecule has 0 spiro atoms. The van der Waals surface area contributed by atoms with Gasteiger partial charge in [-0.15, -0.1) is 0 Å². The van der Waals surface area contributed by atoms with Crippen molar-refractivity contribution in [1.82, 2.24) is 15.1 Å². The van der Waals surface area contributed by atoms with Gasteiger partial charge >= 0.3 is 6.18 Å². The van der Waals surface area contributed by atoms with E-state index in [-0.39, 0.29) is 46.3 Å². The Morgan fingerprint density at radius 3 is 2.56 bits per heavy atom. The lowest BCUT2D eigenvalue weighted by molar-refractivity contribution is -0.140. The van der Waals surface area contributed by atoms with Crippen LogP contribution in [-0.4, -0.2) is 27.4 Å². The summed E-state index contributed by atoms with van der Waals surface area (Å²) in [4.78, 5) is 13.6. The number of nitrogens with zero attached hydrogens (tertiary/aromatic N) is 2. The van der Waals surface area contributed by atoms with Gasteiger partial charge in [-0.3, -0.25) is 9.48 Å². The standard InChI is InChI=1S/C26H27F4N3O3/c1-4-36-23-18(20-12-33(3)32-24(20)26(28,29)30)10-15(13-34)11-19(23)25(35)31-22(16-5-6-16)17-7-8-21(27)14(2)9-17/h7-12,16,22,34H,4-6,13H2,1-3H3,(H,31,35)/t22-/m0/s1. The van der Waals surface area contributed by atoms with Gasteiger partial charge in [-0.05, 0) is 67.5 Å². The number of benzene rings is 2. The number of halogens is 4. The van der Waals surface area contributed by atoms with Crippen LogP contribution in [0.3, 0.4) is 0 Å². The van der Waals surface area contributed by atoms with E-state index in [1.807, 2.05) is 0 Å². The van der Waals surface area contributed by atoms with Crippen molar-refractivity contribution in [2.45, 2.75) is 45.5 Å². The molecule has 0 aliphatic heterocycles. The highest BCUT2D eigenvalue weighted by Gasteiger charge is 2.39. The van der Waals surface area contributed by atoms with E-state index in [2.05, 4.69) is 10.4 Å². The first-order valence-corrected chi connectivity index (χ1v) is 11.6. The monoisotopic (exact) mass is 505 g/mol. The number of hydrogen-bond donors (Lipinski definition) is 2. The van der Waals surface area contributed by atoms with Crippen molar-refractivity contribution in [2.24, 2.45) is 13.0 Å². The van der Waals surface area contributed by atoms with Crippen LogP contribution in [0.15, 0.2) is 36.5 Å². The highest BCUT2D eigenvalue weighted by molar-refractivity contribution is 6.00. The first-order chi connectivity index (χ1) is 17.0. The van der Waals surface area contributed by atoms with Gasteiger partial charge in [-0.1, -0.05) is 12.1 Å². The van der Waals surface area contributed by atoms with Crippen LogP contribution >= 0.6 is 0 Å². The highest BCUT2D eigenvalue weighted by Crippen LogP contribution is 2.44. The van der Waals surface area contributed by atoms with Crippen LogP contribution in [0, 0.1) is 18.7 Å². The Morgan fingerprint density at radius 2 is 1.97 bits per heavy atom. The molecule has 1 heterocycles. The van der Waals surface area contributed by atoms with Gasteiger partial charge in [-0.25, -0.2) is 4.39 Å². The summed E-state index contributed by atoms with van der Waals surface area (Å²) in [5, 5.41) is 16.4. The van der Waals surface area contributed by atoms with E-state index in [4.69, 9.17) is 4.74 Å². The molecule has 1 amide bonds. The smallest absolute Gasteiger partial charge is 0.435 e. The predicted octanol–water partition coefficient (Wildman–Crippen LogP) is 5.33. The van der Waals surface area contributed by atoms with Gasteiger partial charge in [0, 0.05) is 24.4 Å².